The van der Waals surface area contributed by atoms with Crippen molar-refractivity contribution < 1.29 is 0 Å². The van der Waals surface area contributed by atoms with Crippen molar-refractivity contribution in [1.82, 2.24) is 4.90 Å². The molecule has 2 fully saturated rings. The summed E-state index contributed by atoms with van der Waals surface area (Å²) in [5.74, 6) is 2.84. The molecule has 0 saturated heterocycles. The molecule has 0 amide bonds. The van der Waals surface area contributed by atoms with Gasteiger partial charge in [0.15, 0.2) is 0 Å². The van der Waals surface area contributed by atoms with Crippen molar-refractivity contribution in [3.8, 4) is 0 Å². The highest BCUT2D eigenvalue weighted by atomic mass is 32.1. The summed E-state index contributed by atoms with van der Waals surface area (Å²) in [5, 5.41) is 0. The Bertz CT molecular complexity index is 604. The highest BCUT2D eigenvalue weighted by molar-refractivity contribution is 7.80. The van der Waals surface area contributed by atoms with E-state index in [1.165, 1.54) is 43.2 Å². The average molecular weight is 328 g/mol. The van der Waals surface area contributed by atoms with Crippen LogP contribution in [0.3, 0.4) is 0 Å². The third-order valence-electron chi connectivity index (χ3n) is 6.97. The Morgan fingerprint density at radius 1 is 1.13 bits per heavy atom. The number of thiocarbonyl (C=S) groups is 1. The van der Waals surface area contributed by atoms with Gasteiger partial charge in [-0.05, 0) is 67.8 Å². The van der Waals surface area contributed by atoms with Gasteiger partial charge in [0.2, 0.25) is 0 Å². The molecule has 1 heterocycles. The Morgan fingerprint density at radius 3 is 2.43 bits per heavy atom. The lowest BCUT2D eigenvalue weighted by molar-refractivity contribution is 0.00264. The topological polar surface area (TPSA) is 3.24 Å². The van der Waals surface area contributed by atoms with Gasteiger partial charge < -0.3 is 4.90 Å². The van der Waals surface area contributed by atoms with E-state index in [0.29, 0.717) is 11.5 Å². The molecular weight excluding hydrogens is 298 g/mol. The first kappa shape index (κ1) is 15.6. The van der Waals surface area contributed by atoms with E-state index >= 15 is 0 Å². The molecule has 23 heavy (non-hydrogen) atoms. The second kappa shape index (κ2) is 5.58. The number of hydrogen-bond donors (Lipinski definition) is 0. The summed E-state index contributed by atoms with van der Waals surface area (Å²) in [5.41, 5.74) is 3.12. The fourth-order valence-electron chi connectivity index (χ4n) is 5.94. The van der Waals surface area contributed by atoms with Crippen LogP contribution >= 0.6 is 12.2 Å². The summed E-state index contributed by atoms with van der Waals surface area (Å²) in [7, 11) is 0. The Morgan fingerprint density at radius 2 is 1.78 bits per heavy atom. The van der Waals surface area contributed by atoms with Gasteiger partial charge in [0.1, 0.15) is 4.99 Å². The summed E-state index contributed by atoms with van der Waals surface area (Å²) in [6, 6.07) is 9.25. The van der Waals surface area contributed by atoms with E-state index in [1.54, 1.807) is 0 Å². The van der Waals surface area contributed by atoms with Crippen LogP contribution in [0.25, 0.3) is 0 Å². The molecule has 4 rings (SSSR count). The Balaban J connectivity index is 1.56. The zero-order chi connectivity index (χ0) is 16.2. The van der Waals surface area contributed by atoms with E-state index in [9.17, 15) is 0 Å². The van der Waals surface area contributed by atoms with E-state index < -0.39 is 0 Å². The van der Waals surface area contributed by atoms with Crippen molar-refractivity contribution in [3.63, 3.8) is 0 Å². The molecule has 124 valence electrons. The number of rotatable bonds is 2. The van der Waals surface area contributed by atoms with Crippen molar-refractivity contribution in [2.45, 2.75) is 65.5 Å². The maximum Gasteiger partial charge on any atom is 0.110 e. The monoisotopic (exact) mass is 327 g/mol. The van der Waals surface area contributed by atoms with Gasteiger partial charge in [-0.1, -0.05) is 50.3 Å². The summed E-state index contributed by atoms with van der Waals surface area (Å²) in [6.45, 7) is 8.44. The summed E-state index contributed by atoms with van der Waals surface area (Å²) in [6.07, 6.45) is 7.17. The predicted molar refractivity (Wildman–Crippen MR) is 100 cm³/mol. The quantitative estimate of drug-likeness (QED) is 0.667. The van der Waals surface area contributed by atoms with Crippen molar-refractivity contribution >= 4 is 17.2 Å². The highest BCUT2D eigenvalue weighted by Crippen LogP contribution is 2.53. The lowest BCUT2D eigenvalue weighted by Crippen LogP contribution is -2.49. The van der Waals surface area contributed by atoms with Crippen LogP contribution in [-0.4, -0.2) is 15.9 Å². The Labute approximate surface area is 146 Å². The molecule has 1 aliphatic heterocycles. The molecule has 2 heteroatoms. The first-order valence-electron chi connectivity index (χ1n) is 9.35. The number of benzene rings is 1. The summed E-state index contributed by atoms with van der Waals surface area (Å²) < 4.78 is 0. The first-order valence-corrected chi connectivity index (χ1v) is 9.76. The maximum atomic E-state index is 5.84. The normalized spacial score (nSPS) is 37.6. The molecule has 0 radical (unpaired) electrons. The number of nitrogens with zero attached hydrogens (tertiary/aromatic N) is 1. The van der Waals surface area contributed by atoms with E-state index in [-0.39, 0.29) is 0 Å². The molecule has 1 aromatic carbocycles. The third kappa shape index (κ3) is 2.63. The Kier molecular flexibility index (Phi) is 3.79. The fraction of sp³-hybridized carbons (Fsp3) is 0.667. The minimum Gasteiger partial charge on any atom is -0.355 e. The molecule has 3 atom stereocenters. The number of fused-ring (bicyclic) bond motifs is 3. The van der Waals surface area contributed by atoms with Crippen LogP contribution in [0.15, 0.2) is 24.3 Å². The zero-order valence-electron chi connectivity index (χ0n) is 14.7. The van der Waals surface area contributed by atoms with Gasteiger partial charge in [0, 0.05) is 18.2 Å². The zero-order valence-corrected chi connectivity index (χ0v) is 15.5. The first-order chi connectivity index (χ1) is 11.0. The molecule has 2 aliphatic carbocycles. The molecule has 2 bridgehead atoms. The summed E-state index contributed by atoms with van der Waals surface area (Å²) in [4.78, 5) is 3.60. The lowest BCUT2D eigenvalue weighted by Gasteiger charge is -2.52. The van der Waals surface area contributed by atoms with Crippen LogP contribution in [0.1, 0.15) is 64.0 Å². The minimum atomic E-state index is 0.416. The average Bonchev–Trinajstić information content (AvgIpc) is 2.82. The van der Waals surface area contributed by atoms with Gasteiger partial charge in [0.25, 0.3) is 0 Å². The number of hydrogen-bond acceptors (Lipinski definition) is 1. The van der Waals surface area contributed by atoms with Gasteiger partial charge in [-0.3, -0.25) is 0 Å². The largest absolute Gasteiger partial charge is 0.355 e. The van der Waals surface area contributed by atoms with E-state index in [0.717, 1.165) is 29.3 Å². The van der Waals surface area contributed by atoms with Crippen molar-refractivity contribution in [2.24, 2.45) is 23.2 Å². The third-order valence-corrected chi connectivity index (χ3v) is 7.43. The Hall–Kier alpha value is -0.890. The van der Waals surface area contributed by atoms with Gasteiger partial charge in [-0.25, -0.2) is 0 Å². The van der Waals surface area contributed by atoms with Crippen LogP contribution in [0.5, 0.6) is 0 Å². The molecular formula is C21H29NS. The molecule has 1 nitrogen and oxygen atoms in total. The van der Waals surface area contributed by atoms with Crippen LogP contribution < -0.4 is 0 Å². The van der Waals surface area contributed by atoms with Crippen LogP contribution in [0.4, 0.5) is 0 Å². The van der Waals surface area contributed by atoms with Gasteiger partial charge in [-0.2, -0.15) is 0 Å². The van der Waals surface area contributed by atoms with Crippen molar-refractivity contribution in [3.05, 3.63) is 35.4 Å². The fourth-order valence-corrected chi connectivity index (χ4v) is 6.36. The second-order valence-corrected chi connectivity index (χ2v) is 9.26. The predicted octanol–water partition coefficient (Wildman–Crippen LogP) is 5.42. The van der Waals surface area contributed by atoms with E-state index in [4.69, 9.17) is 12.2 Å². The molecule has 0 N–H and O–H groups in total. The standard InChI is InChI=1S/C21H29NS/c1-14-8-16-10-17(9-14)12-21(3,11-16)15(2)22-13-18-6-4-5-7-19(18)20(22)23/h4-7,14-17H,8-13H2,1-3H3. The highest BCUT2D eigenvalue weighted by Gasteiger charge is 2.46. The van der Waals surface area contributed by atoms with E-state index in [2.05, 4.69) is 49.9 Å². The van der Waals surface area contributed by atoms with Crippen LogP contribution in [0, 0.1) is 23.2 Å². The van der Waals surface area contributed by atoms with E-state index in [1.807, 2.05) is 0 Å². The van der Waals surface area contributed by atoms with Crippen molar-refractivity contribution in [1.29, 1.82) is 0 Å². The van der Waals surface area contributed by atoms with Crippen molar-refractivity contribution in [2.75, 3.05) is 0 Å². The lowest BCUT2D eigenvalue weighted by atomic mass is 9.57. The second-order valence-electron chi connectivity index (χ2n) is 8.87. The molecule has 3 aliphatic rings. The summed E-state index contributed by atoms with van der Waals surface area (Å²) >= 11 is 5.84. The van der Waals surface area contributed by atoms with Gasteiger partial charge in [0.05, 0.1) is 0 Å². The van der Waals surface area contributed by atoms with Crippen LogP contribution in [-0.2, 0) is 6.54 Å². The van der Waals surface area contributed by atoms with Gasteiger partial charge >= 0.3 is 0 Å². The minimum absolute atomic E-state index is 0.416. The molecule has 0 spiro atoms. The molecule has 3 unspecified atom stereocenters. The smallest absolute Gasteiger partial charge is 0.110 e. The van der Waals surface area contributed by atoms with Crippen LogP contribution in [0.2, 0.25) is 0 Å². The van der Waals surface area contributed by atoms with Gasteiger partial charge in [-0.15, -0.1) is 0 Å². The maximum absolute atomic E-state index is 5.84. The molecule has 2 saturated carbocycles. The molecule has 1 aromatic rings. The SMILES string of the molecule is CC1CC2CC(C1)CC(C)(C(C)N1Cc3ccccc3C1=S)C2. The molecule has 0 aromatic heterocycles.